The number of carbonyl (C=O) groups excluding carboxylic acids is 1. The summed E-state index contributed by atoms with van der Waals surface area (Å²) in [5, 5.41) is 11.7. The first-order valence-corrected chi connectivity index (χ1v) is 6.13. The monoisotopic (exact) mass is 269 g/mol. The van der Waals surface area contributed by atoms with Crippen molar-refractivity contribution in [2.75, 3.05) is 5.32 Å². The van der Waals surface area contributed by atoms with E-state index in [0.29, 0.717) is 18.5 Å². The van der Waals surface area contributed by atoms with Crippen molar-refractivity contribution >= 4 is 17.6 Å². The molecule has 2 heterocycles. The van der Waals surface area contributed by atoms with E-state index in [1.807, 2.05) is 12.1 Å². The van der Waals surface area contributed by atoms with Gasteiger partial charge in [0.15, 0.2) is 0 Å². The largest absolute Gasteiger partial charge is 0.475 e. The van der Waals surface area contributed by atoms with Crippen LogP contribution in [0.1, 0.15) is 22.6 Å². The van der Waals surface area contributed by atoms with E-state index >= 15 is 0 Å². The molecule has 0 aliphatic carbocycles. The number of rotatable bonds is 2. The van der Waals surface area contributed by atoms with Gasteiger partial charge in [0.25, 0.3) is 0 Å². The summed E-state index contributed by atoms with van der Waals surface area (Å²) < 4.78 is 0. The summed E-state index contributed by atoms with van der Waals surface area (Å²) in [6.07, 6.45) is 2.56. The van der Waals surface area contributed by atoms with Crippen LogP contribution >= 0.6 is 0 Å². The van der Waals surface area contributed by atoms with Gasteiger partial charge in [-0.1, -0.05) is 6.07 Å². The van der Waals surface area contributed by atoms with Crippen molar-refractivity contribution in [3.63, 3.8) is 0 Å². The van der Waals surface area contributed by atoms with E-state index in [1.165, 1.54) is 6.20 Å². The molecule has 0 spiro atoms. The van der Waals surface area contributed by atoms with Gasteiger partial charge in [0, 0.05) is 23.9 Å². The van der Waals surface area contributed by atoms with Gasteiger partial charge in [-0.15, -0.1) is 0 Å². The number of benzene rings is 1. The molecule has 1 aliphatic rings. The van der Waals surface area contributed by atoms with E-state index in [-0.39, 0.29) is 11.7 Å². The summed E-state index contributed by atoms with van der Waals surface area (Å²) in [6, 6.07) is 7.20. The molecule has 20 heavy (non-hydrogen) atoms. The molecule has 2 aromatic rings. The van der Waals surface area contributed by atoms with Crippen molar-refractivity contribution in [1.29, 1.82) is 0 Å². The Labute approximate surface area is 114 Å². The number of fused-ring (bicyclic) bond motifs is 1. The van der Waals surface area contributed by atoms with Crippen molar-refractivity contribution < 1.29 is 14.7 Å². The summed E-state index contributed by atoms with van der Waals surface area (Å²) >= 11 is 0. The summed E-state index contributed by atoms with van der Waals surface area (Å²) in [7, 11) is 0. The SMILES string of the molecule is O=C1CCc2cc(-c3ccnc(C(=O)O)n3)ccc2N1. The highest BCUT2D eigenvalue weighted by Gasteiger charge is 2.16. The van der Waals surface area contributed by atoms with Crippen molar-refractivity contribution in [1.82, 2.24) is 9.97 Å². The number of amides is 1. The van der Waals surface area contributed by atoms with E-state index < -0.39 is 5.97 Å². The van der Waals surface area contributed by atoms with Gasteiger partial charge in [-0.25, -0.2) is 14.8 Å². The topological polar surface area (TPSA) is 92.2 Å². The summed E-state index contributed by atoms with van der Waals surface area (Å²) in [6.45, 7) is 0. The van der Waals surface area contributed by atoms with Crippen LogP contribution in [-0.2, 0) is 11.2 Å². The molecule has 0 atom stereocenters. The molecule has 6 nitrogen and oxygen atoms in total. The van der Waals surface area contributed by atoms with Gasteiger partial charge in [-0.3, -0.25) is 4.79 Å². The lowest BCUT2D eigenvalue weighted by molar-refractivity contribution is -0.116. The van der Waals surface area contributed by atoms with Crippen LogP contribution < -0.4 is 5.32 Å². The fourth-order valence-corrected chi connectivity index (χ4v) is 2.17. The zero-order valence-electron chi connectivity index (χ0n) is 10.5. The smallest absolute Gasteiger partial charge is 0.373 e. The Bertz CT molecular complexity index is 713. The van der Waals surface area contributed by atoms with Gasteiger partial charge in [-0.2, -0.15) is 0 Å². The van der Waals surface area contributed by atoms with E-state index in [1.54, 1.807) is 12.1 Å². The van der Waals surface area contributed by atoms with Crippen LogP contribution in [0.15, 0.2) is 30.5 Å². The maximum absolute atomic E-state index is 11.3. The number of hydrogen-bond acceptors (Lipinski definition) is 4. The number of carboxylic acid groups (broad SMARTS) is 1. The average molecular weight is 269 g/mol. The van der Waals surface area contributed by atoms with Gasteiger partial charge >= 0.3 is 5.97 Å². The van der Waals surface area contributed by atoms with Crippen LogP contribution in [0.4, 0.5) is 5.69 Å². The summed E-state index contributed by atoms with van der Waals surface area (Å²) in [5.74, 6) is -1.37. The Morgan fingerprint density at radius 1 is 1.25 bits per heavy atom. The molecule has 2 N–H and O–H groups in total. The second-order valence-electron chi connectivity index (χ2n) is 4.49. The first kappa shape index (κ1) is 12.3. The molecule has 0 unspecified atom stereocenters. The molecule has 1 aliphatic heterocycles. The number of nitrogens with zero attached hydrogens (tertiary/aromatic N) is 2. The van der Waals surface area contributed by atoms with Crippen LogP contribution in [0.5, 0.6) is 0 Å². The van der Waals surface area contributed by atoms with E-state index in [2.05, 4.69) is 15.3 Å². The summed E-state index contributed by atoms with van der Waals surface area (Å²) in [5.41, 5.74) is 3.19. The Kier molecular flexibility index (Phi) is 2.90. The molecule has 0 saturated carbocycles. The normalized spacial score (nSPS) is 13.5. The number of aryl methyl sites for hydroxylation is 1. The highest BCUT2D eigenvalue weighted by atomic mass is 16.4. The fraction of sp³-hybridized carbons (Fsp3) is 0.143. The molecule has 100 valence electrons. The third kappa shape index (κ3) is 2.23. The van der Waals surface area contributed by atoms with E-state index in [0.717, 1.165) is 16.8 Å². The van der Waals surface area contributed by atoms with Crippen molar-refractivity contribution in [2.45, 2.75) is 12.8 Å². The second kappa shape index (κ2) is 4.73. The third-order valence-electron chi connectivity index (χ3n) is 3.14. The molecule has 0 bridgehead atoms. The average Bonchev–Trinajstić information content (AvgIpc) is 2.47. The van der Waals surface area contributed by atoms with Crippen LogP contribution in [0, 0.1) is 0 Å². The van der Waals surface area contributed by atoms with Gasteiger partial charge in [0.2, 0.25) is 11.7 Å². The summed E-state index contributed by atoms with van der Waals surface area (Å²) in [4.78, 5) is 29.9. The quantitative estimate of drug-likeness (QED) is 0.866. The predicted molar refractivity (Wildman–Crippen MR) is 71.4 cm³/mol. The van der Waals surface area contributed by atoms with Crippen molar-refractivity contribution in [3.05, 3.63) is 41.9 Å². The maximum atomic E-state index is 11.3. The lowest BCUT2D eigenvalue weighted by Gasteiger charge is -2.17. The molecule has 0 fully saturated rings. The zero-order valence-corrected chi connectivity index (χ0v) is 10.5. The molecule has 1 amide bonds. The molecule has 1 aromatic heterocycles. The van der Waals surface area contributed by atoms with Crippen LogP contribution in [0.2, 0.25) is 0 Å². The third-order valence-corrected chi connectivity index (χ3v) is 3.14. The first-order valence-electron chi connectivity index (χ1n) is 6.13. The standard InChI is InChI=1S/C14H11N3O3/c18-12-4-2-9-7-8(1-3-10(9)16-12)11-5-6-15-13(17-11)14(19)20/h1,3,5-7H,2,4H2,(H,16,18)(H,19,20). The molecular weight excluding hydrogens is 258 g/mol. The molecule has 0 saturated heterocycles. The van der Waals surface area contributed by atoms with E-state index in [4.69, 9.17) is 5.11 Å². The minimum absolute atomic E-state index is 0.0143. The Morgan fingerprint density at radius 2 is 2.10 bits per heavy atom. The second-order valence-corrected chi connectivity index (χ2v) is 4.49. The minimum Gasteiger partial charge on any atom is -0.475 e. The van der Waals surface area contributed by atoms with Crippen molar-refractivity contribution in [3.8, 4) is 11.3 Å². The highest BCUT2D eigenvalue weighted by molar-refractivity contribution is 5.94. The van der Waals surface area contributed by atoms with Crippen LogP contribution in [0.25, 0.3) is 11.3 Å². The molecule has 6 heteroatoms. The van der Waals surface area contributed by atoms with Gasteiger partial charge in [0.1, 0.15) is 0 Å². The molecular formula is C14H11N3O3. The number of carboxylic acids is 1. The first-order chi connectivity index (χ1) is 9.63. The number of anilines is 1. The Hall–Kier alpha value is -2.76. The number of carbonyl (C=O) groups is 2. The minimum atomic E-state index is -1.16. The molecule has 1 aromatic carbocycles. The van der Waals surface area contributed by atoms with Crippen molar-refractivity contribution in [2.24, 2.45) is 0 Å². The Morgan fingerprint density at radius 3 is 2.90 bits per heavy atom. The molecule has 3 rings (SSSR count). The Balaban J connectivity index is 2.01. The van der Waals surface area contributed by atoms with Crippen LogP contribution in [-0.4, -0.2) is 27.0 Å². The number of aromatic nitrogens is 2. The molecule has 0 radical (unpaired) electrons. The number of aromatic carboxylic acids is 1. The van der Waals surface area contributed by atoms with Crippen LogP contribution in [0.3, 0.4) is 0 Å². The number of hydrogen-bond donors (Lipinski definition) is 2. The van der Waals surface area contributed by atoms with E-state index in [9.17, 15) is 9.59 Å². The maximum Gasteiger partial charge on any atom is 0.373 e. The zero-order chi connectivity index (χ0) is 14.1. The lowest BCUT2D eigenvalue weighted by Crippen LogP contribution is -2.18. The predicted octanol–water partition coefficient (Wildman–Crippen LogP) is 1.73. The van der Waals surface area contributed by atoms with Gasteiger partial charge in [0.05, 0.1) is 5.69 Å². The fourth-order valence-electron chi connectivity index (χ4n) is 2.17. The number of nitrogens with one attached hydrogen (secondary N) is 1. The lowest BCUT2D eigenvalue weighted by atomic mass is 9.99. The highest BCUT2D eigenvalue weighted by Crippen LogP contribution is 2.27. The van der Waals surface area contributed by atoms with Gasteiger partial charge in [-0.05, 0) is 30.2 Å². The van der Waals surface area contributed by atoms with Gasteiger partial charge < -0.3 is 10.4 Å².